The first-order chi connectivity index (χ1) is 14.5. The van der Waals surface area contributed by atoms with Crippen LogP contribution in [-0.2, 0) is 18.8 Å². The molecule has 2 aromatic carbocycles. The molecule has 0 radical (unpaired) electrons. The number of hydrogen-bond acceptors (Lipinski definition) is 0. The molecule has 0 saturated heterocycles. The maximum atomic E-state index is 13.2. The first-order valence-electron chi connectivity index (χ1n) is 9.74. The lowest BCUT2D eigenvalue weighted by atomic mass is 9.78. The summed E-state index contributed by atoms with van der Waals surface area (Å²) in [6.07, 6.45) is -3.11. The molecule has 0 heterocycles. The lowest BCUT2D eigenvalue weighted by molar-refractivity contribution is -0.138. The van der Waals surface area contributed by atoms with Crippen molar-refractivity contribution >= 4 is 0 Å². The Morgan fingerprint density at radius 1 is 0.903 bits per heavy atom. The second kappa shape index (κ2) is 10.0. The second-order valence-corrected chi connectivity index (χ2v) is 7.35. The van der Waals surface area contributed by atoms with Gasteiger partial charge in [-0.2, -0.15) is 26.3 Å². The number of halogens is 6. The van der Waals surface area contributed by atoms with Crippen molar-refractivity contribution in [1.29, 1.82) is 0 Å². The monoisotopic (exact) mass is 438 g/mol. The fourth-order valence-corrected chi connectivity index (χ4v) is 3.55. The van der Waals surface area contributed by atoms with Gasteiger partial charge >= 0.3 is 12.4 Å². The van der Waals surface area contributed by atoms with Gasteiger partial charge in [-0.25, -0.2) is 0 Å². The molecule has 6 heteroatoms. The van der Waals surface area contributed by atoms with Gasteiger partial charge in [-0.1, -0.05) is 68.1 Å². The number of benzene rings is 2. The van der Waals surface area contributed by atoms with E-state index >= 15 is 0 Å². The normalized spacial score (nSPS) is 14.7. The molecule has 0 amide bonds. The third kappa shape index (κ3) is 6.61. The third-order valence-corrected chi connectivity index (χ3v) is 5.24. The minimum atomic E-state index is -4.48. The zero-order chi connectivity index (χ0) is 23.2. The molecule has 0 N–H and O–H groups in total. The number of rotatable bonds is 8. The molecule has 0 bridgehead atoms. The van der Waals surface area contributed by atoms with E-state index in [4.69, 9.17) is 0 Å². The van der Waals surface area contributed by atoms with E-state index in [1.54, 1.807) is 31.2 Å². The van der Waals surface area contributed by atoms with Gasteiger partial charge in [0.1, 0.15) is 0 Å². The molecular formula is C25H24F6. The van der Waals surface area contributed by atoms with Crippen LogP contribution in [0.25, 0.3) is 0 Å². The largest absolute Gasteiger partial charge is 0.416 e. The molecule has 0 aliphatic heterocycles. The predicted octanol–water partition coefficient (Wildman–Crippen LogP) is 8.38. The Kier molecular flexibility index (Phi) is 7.93. The van der Waals surface area contributed by atoms with Crippen LogP contribution >= 0.6 is 0 Å². The summed E-state index contributed by atoms with van der Waals surface area (Å²) in [7, 11) is 0. The van der Waals surface area contributed by atoms with Crippen LogP contribution in [0.4, 0.5) is 26.3 Å². The molecule has 2 atom stereocenters. The SMILES string of the molecule is C=CCC=C(C=C)[C@H](Cc1cccc(C(F)(F)F)c1)C(C)c1cccc(C(F)(F)F)c1. The van der Waals surface area contributed by atoms with Crippen LogP contribution in [0.5, 0.6) is 0 Å². The first-order valence-corrected chi connectivity index (χ1v) is 9.74. The molecule has 0 saturated carbocycles. The summed E-state index contributed by atoms with van der Waals surface area (Å²) in [5.41, 5.74) is 0.140. The van der Waals surface area contributed by atoms with E-state index in [-0.39, 0.29) is 12.3 Å². The van der Waals surface area contributed by atoms with E-state index in [1.165, 1.54) is 12.1 Å². The van der Waals surface area contributed by atoms with E-state index < -0.39 is 29.4 Å². The molecule has 31 heavy (non-hydrogen) atoms. The highest BCUT2D eigenvalue weighted by Gasteiger charge is 2.33. The Bertz CT molecular complexity index is 934. The van der Waals surface area contributed by atoms with E-state index in [0.29, 0.717) is 17.5 Å². The van der Waals surface area contributed by atoms with Crippen molar-refractivity contribution in [2.24, 2.45) is 5.92 Å². The zero-order valence-electron chi connectivity index (χ0n) is 17.1. The minimum Gasteiger partial charge on any atom is -0.166 e. The van der Waals surface area contributed by atoms with Gasteiger partial charge in [0.25, 0.3) is 0 Å². The van der Waals surface area contributed by atoms with Gasteiger partial charge in [-0.05, 0) is 53.5 Å². The van der Waals surface area contributed by atoms with Gasteiger partial charge in [0, 0.05) is 0 Å². The molecule has 0 nitrogen and oxygen atoms in total. The molecule has 0 aliphatic rings. The van der Waals surface area contributed by atoms with Crippen molar-refractivity contribution in [2.75, 3.05) is 0 Å². The average Bonchev–Trinajstić information content (AvgIpc) is 2.72. The highest BCUT2D eigenvalue weighted by atomic mass is 19.4. The highest BCUT2D eigenvalue weighted by molar-refractivity contribution is 5.35. The topological polar surface area (TPSA) is 0 Å². The molecule has 0 aromatic heterocycles. The molecular weight excluding hydrogens is 414 g/mol. The molecule has 166 valence electrons. The summed E-state index contributed by atoms with van der Waals surface area (Å²) in [4.78, 5) is 0. The van der Waals surface area contributed by atoms with Crippen LogP contribution in [0.3, 0.4) is 0 Å². The summed E-state index contributed by atoms with van der Waals surface area (Å²) in [6.45, 7) is 9.24. The van der Waals surface area contributed by atoms with Crippen molar-refractivity contribution in [3.8, 4) is 0 Å². The highest BCUT2D eigenvalue weighted by Crippen LogP contribution is 2.37. The minimum absolute atomic E-state index is 0.219. The van der Waals surface area contributed by atoms with Crippen molar-refractivity contribution in [1.82, 2.24) is 0 Å². The fourth-order valence-electron chi connectivity index (χ4n) is 3.55. The van der Waals surface area contributed by atoms with Gasteiger partial charge < -0.3 is 0 Å². The summed E-state index contributed by atoms with van der Waals surface area (Å²) in [6, 6.07) is 10.1. The van der Waals surface area contributed by atoms with Crippen molar-refractivity contribution in [2.45, 2.75) is 38.0 Å². The molecule has 0 spiro atoms. The maximum Gasteiger partial charge on any atom is 0.416 e. The number of alkyl halides is 6. The second-order valence-electron chi connectivity index (χ2n) is 7.35. The summed E-state index contributed by atoms with van der Waals surface area (Å²) in [5, 5.41) is 0. The lowest BCUT2D eigenvalue weighted by Crippen LogP contribution is -2.17. The lowest BCUT2D eigenvalue weighted by Gasteiger charge is -2.27. The van der Waals surface area contributed by atoms with Gasteiger partial charge in [0.2, 0.25) is 0 Å². The molecule has 1 unspecified atom stereocenters. The predicted molar refractivity (Wildman–Crippen MR) is 112 cm³/mol. The Balaban J connectivity index is 2.49. The van der Waals surface area contributed by atoms with Crippen molar-refractivity contribution in [3.05, 3.63) is 108 Å². The van der Waals surface area contributed by atoms with Crippen LogP contribution in [-0.4, -0.2) is 0 Å². The summed E-state index contributed by atoms with van der Waals surface area (Å²) in [5.74, 6) is -0.768. The van der Waals surface area contributed by atoms with Crippen LogP contribution in [0.15, 0.2) is 85.5 Å². The average molecular weight is 438 g/mol. The summed E-state index contributed by atoms with van der Waals surface area (Å²) >= 11 is 0. The molecule has 2 rings (SSSR count). The van der Waals surface area contributed by atoms with Crippen molar-refractivity contribution < 1.29 is 26.3 Å². The van der Waals surface area contributed by atoms with Gasteiger partial charge in [-0.15, -0.1) is 6.58 Å². The van der Waals surface area contributed by atoms with Crippen LogP contribution < -0.4 is 0 Å². The summed E-state index contributed by atoms with van der Waals surface area (Å²) < 4.78 is 78.9. The van der Waals surface area contributed by atoms with E-state index in [9.17, 15) is 26.3 Å². The standard InChI is InChI=1S/C25H24F6/c1-4-6-10-19(5-2)23(15-18-9-7-12-21(14-18)24(26,27)28)17(3)20-11-8-13-22(16-20)25(29,30)31/h4-5,7-14,16-17,23H,1-2,6,15H2,3H3/t17?,23-/m1/s1. The van der Waals surface area contributed by atoms with Crippen LogP contribution in [0.2, 0.25) is 0 Å². The zero-order valence-corrected chi connectivity index (χ0v) is 17.1. The number of allylic oxidation sites excluding steroid dienone is 4. The maximum absolute atomic E-state index is 13.2. The van der Waals surface area contributed by atoms with Crippen LogP contribution in [0, 0.1) is 5.92 Å². The third-order valence-electron chi connectivity index (χ3n) is 5.24. The number of hydrogen-bond donors (Lipinski definition) is 0. The smallest absolute Gasteiger partial charge is 0.166 e. The molecule has 2 aromatic rings. The van der Waals surface area contributed by atoms with Gasteiger partial charge in [0.15, 0.2) is 0 Å². The molecule has 0 fully saturated rings. The Labute approximate surface area is 178 Å². The van der Waals surface area contributed by atoms with Crippen molar-refractivity contribution in [3.63, 3.8) is 0 Å². The Morgan fingerprint density at radius 3 is 2.03 bits per heavy atom. The quantitative estimate of drug-likeness (QED) is 0.221. The van der Waals surface area contributed by atoms with Gasteiger partial charge in [0.05, 0.1) is 11.1 Å². The van der Waals surface area contributed by atoms with Gasteiger partial charge in [-0.3, -0.25) is 0 Å². The van der Waals surface area contributed by atoms with E-state index in [0.717, 1.165) is 29.8 Å². The Hall–Kier alpha value is -2.76. The first kappa shape index (κ1) is 24.5. The Morgan fingerprint density at radius 2 is 1.48 bits per heavy atom. The van der Waals surface area contributed by atoms with E-state index in [2.05, 4.69) is 13.2 Å². The van der Waals surface area contributed by atoms with Crippen LogP contribution in [0.1, 0.15) is 41.5 Å². The molecule has 0 aliphatic carbocycles. The fraction of sp³-hybridized carbons (Fsp3) is 0.280. The van der Waals surface area contributed by atoms with E-state index in [1.807, 2.05) is 6.08 Å².